The Kier molecular flexibility index (Phi) is 17.2. The van der Waals surface area contributed by atoms with Gasteiger partial charge in [-0.15, -0.1) is 0 Å². The average Bonchev–Trinajstić information content (AvgIpc) is 2.89. The molecule has 0 aromatic rings. The van der Waals surface area contributed by atoms with Gasteiger partial charge in [-0.1, -0.05) is 95.9 Å². The summed E-state index contributed by atoms with van der Waals surface area (Å²) in [5, 5.41) is 0. The van der Waals surface area contributed by atoms with Crippen LogP contribution < -0.4 is 0 Å². The molecule has 2 aliphatic carbocycles. The zero-order chi connectivity index (χ0) is 34.7. The van der Waals surface area contributed by atoms with Gasteiger partial charge in [0.1, 0.15) is 12.2 Å². The second kappa shape index (κ2) is 19.2. The molecular weight excluding hydrogens is 568 g/mol. The summed E-state index contributed by atoms with van der Waals surface area (Å²) in [5.74, 6) is 4.10. The van der Waals surface area contributed by atoms with Gasteiger partial charge in [-0.3, -0.25) is 9.59 Å². The molecule has 4 atom stereocenters. The topological polar surface area (TPSA) is 52.6 Å². The molecule has 0 bridgehead atoms. The lowest BCUT2D eigenvalue weighted by atomic mass is 9.57. The molecule has 2 aliphatic rings. The van der Waals surface area contributed by atoms with Crippen LogP contribution in [-0.2, 0) is 19.1 Å². The van der Waals surface area contributed by atoms with Gasteiger partial charge >= 0.3 is 11.9 Å². The summed E-state index contributed by atoms with van der Waals surface area (Å²) < 4.78 is 12.7. The van der Waals surface area contributed by atoms with E-state index in [2.05, 4.69) is 83.1 Å². The van der Waals surface area contributed by atoms with Crippen LogP contribution in [0.3, 0.4) is 0 Å². The van der Waals surface area contributed by atoms with E-state index in [1.54, 1.807) is 0 Å². The Hall–Kier alpha value is -1.06. The Balaban J connectivity index is 2.15. The third kappa shape index (κ3) is 13.1. The molecule has 2 rings (SSSR count). The third-order valence-corrected chi connectivity index (χ3v) is 11.3. The summed E-state index contributed by atoms with van der Waals surface area (Å²) >= 11 is 0. The largest absolute Gasteiger partial charge is 0.462 e. The van der Waals surface area contributed by atoms with Crippen molar-refractivity contribution in [3.8, 4) is 0 Å². The molecule has 270 valence electrons. The van der Waals surface area contributed by atoms with Crippen LogP contribution in [0.1, 0.15) is 186 Å². The quantitative estimate of drug-likeness (QED) is 0.131. The van der Waals surface area contributed by atoms with Gasteiger partial charge in [0, 0.05) is 11.8 Å². The van der Waals surface area contributed by atoms with Gasteiger partial charge in [-0.05, 0) is 123 Å². The average molecular weight is 647 g/mol. The van der Waals surface area contributed by atoms with Crippen molar-refractivity contribution in [3.63, 3.8) is 0 Å². The van der Waals surface area contributed by atoms with Gasteiger partial charge in [-0.25, -0.2) is 0 Å². The molecule has 0 saturated heterocycles. The number of carbonyl (C=O) groups is 2. The molecule has 0 aromatic heterocycles. The summed E-state index contributed by atoms with van der Waals surface area (Å²) in [4.78, 5) is 26.8. The maximum absolute atomic E-state index is 13.4. The summed E-state index contributed by atoms with van der Waals surface area (Å²) in [6.07, 6.45) is 16.1. The van der Waals surface area contributed by atoms with E-state index in [0.29, 0.717) is 47.3 Å². The molecular formula is C42H78O4. The first-order valence-corrected chi connectivity index (χ1v) is 19.9. The van der Waals surface area contributed by atoms with E-state index < -0.39 is 0 Å². The number of hydrogen-bond donors (Lipinski definition) is 0. The van der Waals surface area contributed by atoms with Gasteiger partial charge in [0.2, 0.25) is 0 Å². The molecule has 0 amide bonds. The van der Waals surface area contributed by atoms with E-state index in [4.69, 9.17) is 9.47 Å². The lowest BCUT2D eigenvalue weighted by Gasteiger charge is -2.50. The Bertz CT molecular complexity index is 792. The molecule has 2 fully saturated rings. The third-order valence-electron chi connectivity index (χ3n) is 11.3. The number of ether oxygens (including phenoxy) is 2. The highest BCUT2D eigenvalue weighted by Gasteiger charge is 2.48. The van der Waals surface area contributed by atoms with Crippen molar-refractivity contribution >= 4 is 11.9 Å². The number of carbonyl (C=O) groups excluding carboxylic acids is 2. The van der Waals surface area contributed by atoms with Crippen molar-refractivity contribution in [1.29, 1.82) is 0 Å². The second-order valence-corrected chi connectivity index (χ2v) is 18.6. The lowest BCUT2D eigenvalue weighted by molar-refractivity contribution is -0.168. The molecule has 0 N–H and O–H groups in total. The predicted molar refractivity (Wildman–Crippen MR) is 195 cm³/mol. The van der Waals surface area contributed by atoms with Gasteiger partial charge in [0.05, 0.1) is 12.8 Å². The minimum atomic E-state index is -0.213. The molecule has 4 unspecified atom stereocenters. The number of esters is 2. The molecule has 0 heterocycles. The van der Waals surface area contributed by atoms with Gasteiger partial charge < -0.3 is 9.47 Å². The first-order valence-electron chi connectivity index (χ1n) is 19.9. The van der Waals surface area contributed by atoms with E-state index in [-0.39, 0.29) is 47.8 Å². The van der Waals surface area contributed by atoms with Crippen LogP contribution in [0.25, 0.3) is 0 Å². The molecule has 0 spiro atoms. The van der Waals surface area contributed by atoms with Crippen LogP contribution in [0.4, 0.5) is 0 Å². The normalized spacial score (nSPS) is 24.8. The zero-order valence-electron chi connectivity index (χ0n) is 32.7. The fourth-order valence-corrected chi connectivity index (χ4v) is 10.3. The summed E-state index contributed by atoms with van der Waals surface area (Å²) in [7, 11) is 0. The van der Waals surface area contributed by atoms with Crippen LogP contribution in [-0.4, -0.2) is 24.1 Å². The van der Waals surface area contributed by atoms with E-state index >= 15 is 0 Å². The first-order chi connectivity index (χ1) is 21.5. The monoisotopic (exact) mass is 647 g/mol. The van der Waals surface area contributed by atoms with E-state index in [9.17, 15) is 9.59 Å². The highest BCUT2D eigenvalue weighted by molar-refractivity contribution is 5.77. The first kappa shape index (κ1) is 41.1. The van der Waals surface area contributed by atoms with Gasteiger partial charge in [-0.2, -0.15) is 0 Å². The van der Waals surface area contributed by atoms with Crippen molar-refractivity contribution in [2.24, 2.45) is 58.2 Å². The Morgan fingerprint density at radius 2 is 0.826 bits per heavy atom. The van der Waals surface area contributed by atoms with Crippen molar-refractivity contribution < 1.29 is 19.1 Å². The van der Waals surface area contributed by atoms with Crippen molar-refractivity contribution in [2.75, 3.05) is 0 Å². The number of hydrogen-bond acceptors (Lipinski definition) is 4. The minimum absolute atomic E-state index is 0.0417. The summed E-state index contributed by atoms with van der Waals surface area (Å²) in [5.41, 5.74) is 0.452. The molecule has 2 saturated carbocycles. The van der Waals surface area contributed by atoms with Gasteiger partial charge in [0.15, 0.2) is 0 Å². The van der Waals surface area contributed by atoms with E-state index in [1.807, 2.05) is 0 Å². The Labute approximate surface area is 286 Å². The maximum Gasteiger partial charge on any atom is 0.306 e. The van der Waals surface area contributed by atoms with Crippen molar-refractivity contribution in [3.05, 3.63) is 0 Å². The number of rotatable bonds is 19. The Morgan fingerprint density at radius 1 is 0.522 bits per heavy atom. The predicted octanol–water partition coefficient (Wildman–Crippen LogP) is 12.2. The molecule has 0 radical (unpaired) electrons. The molecule has 0 aromatic carbocycles. The highest BCUT2D eigenvalue weighted by atomic mass is 16.6. The van der Waals surface area contributed by atoms with E-state index in [0.717, 1.165) is 51.4 Å². The molecule has 4 nitrogen and oxygen atoms in total. The SMILES string of the molecule is CC(C)CCC1C(OC(=O)CCC(=O)OC2CCCC(CC(C)C)(CC(C)C)C2CCC(C)C)CCCC1(CC(C)C)CC(C)C. The molecule has 4 heteroatoms. The second-order valence-electron chi connectivity index (χ2n) is 18.6. The maximum atomic E-state index is 13.4. The van der Waals surface area contributed by atoms with E-state index in [1.165, 1.54) is 38.5 Å². The van der Waals surface area contributed by atoms with Gasteiger partial charge in [0.25, 0.3) is 0 Å². The van der Waals surface area contributed by atoms with Crippen LogP contribution >= 0.6 is 0 Å². The van der Waals surface area contributed by atoms with Crippen LogP contribution in [0.15, 0.2) is 0 Å². The minimum Gasteiger partial charge on any atom is -0.462 e. The van der Waals surface area contributed by atoms with Crippen LogP contribution in [0.5, 0.6) is 0 Å². The highest BCUT2D eigenvalue weighted by Crippen LogP contribution is 2.54. The Morgan fingerprint density at radius 3 is 1.09 bits per heavy atom. The summed E-state index contributed by atoms with van der Waals surface area (Å²) in [6.45, 7) is 28.0. The summed E-state index contributed by atoms with van der Waals surface area (Å²) in [6, 6.07) is 0. The fraction of sp³-hybridized carbons (Fsp3) is 0.952. The standard InChI is InChI=1S/C42H78O4/c1-29(2)17-19-35-37(15-13-23-41(35,25-31(5)6)26-32(7)8)45-39(43)21-22-40(44)46-38-16-14-24-42(27-33(9)10,28-34(11)12)36(38)20-18-30(3)4/h29-38H,13-28H2,1-12H3. The van der Waals surface area contributed by atoms with Crippen LogP contribution in [0.2, 0.25) is 0 Å². The lowest BCUT2D eigenvalue weighted by Crippen LogP contribution is -2.46. The van der Waals surface area contributed by atoms with Crippen molar-refractivity contribution in [1.82, 2.24) is 0 Å². The molecule has 0 aliphatic heterocycles. The smallest absolute Gasteiger partial charge is 0.306 e. The van der Waals surface area contributed by atoms with Crippen LogP contribution in [0, 0.1) is 58.2 Å². The van der Waals surface area contributed by atoms with Crippen molar-refractivity contribution in [2.45, 2.75) is 198 Å². The molecule has 46 heavy (non-hydrogen) atoms. The fourth-order valence-electron chi connectivity index (χ4n) is 10.3. The zero-order valence-corrected chi connectivity index (χ0v) is 32.7.